The van der Waals surface area contributed by atoms with Gasteiger partial charge in [-0.3, -0.25) is 0 Å². The molecule has 0 fully saturated rings. The summed E-state index contributed by atoms with van der Waals surface area (Å²) in [5.41, 5.74) is 8.34. The number of hydrogen-bond donors (Lipinski definition) is 1. The van der Waals surface area contributed by atoms with E-state index in [0.29, 0.717) is 5.92 Å². The zero-order valence-corrected chi connectivity index (χ0v) is 9.33. The van der Waals surface area contributed by atoms with Gasteiger partial charge in [-0.2, -0.15) is 0 Å². The third-order valence-corrected chi connectivity index (χ3v) is 3.10. The maximum Gasteiger partial charge on any atom is 0.122 e. The molecule has 1 aliphatic heterocycles. The Hall–Kier alpha value is -1.02. The van der Waals surface area contributed by atoms with Gasteiger partial charge in [0, 0.05) is 0 Å². The lowest BCUT2D eigenvalue weighted by Crippen LogP contribution is -2.10. The predicted molar refractivity (Wildman–Crippen MR) is 62.3 cm³/mol. The molecule has 2 N–H and O–H groups in total. The summed E-state index contributed by atoms with van der Waals surface area (Å²) >= 11 is 0. The van der Waals surface area contributed by atoms with E-state index in [-0.39, 0.29) is 0 Å². The van der Waals surface area contributed by atoms with E-state index in [1.54, 1.807) is 0 Å². The van der Waals surface area contributed by atoms with E-state index in [1.807, 2.05) is 0 Å². The van der Waals surface area contributed by atoms with Gasteiger partial charge in [0.1, 0.15) is 5.75 Å². The van der Waals surface area contributed by atoms with Crippen LogP contribution < -0.4 is 10.5 Å². The molecule has 1 atom stereocenters. The molecule has 1 aliphatic rings. The molecule has 1 aromatic rings. The Kier molecular flexibility index (Phi) is 3.27. The highest BCUT2D eigenvalue weighted by Gasteiger charge is 2.12. The SMILES string of the molecule is CC(CCN)c1ccc2c(c1)CCCO2. The van der Waals surface area contributed by atoms with Crippen LogP contribution in [-0.2, 0) is 6.42 Å². The lowest BCUT2D eigenvalue weighted by molar-refractivity contribution is 0.288. The number of fused-ring (bicyclic) bond motifs is 1. The number of ether oxygens (including phenoxy) is 1. The van der Waals surface area contributed by atoms with Gasteiger partial charge in [-0.15, -0.1) is 0 Å². The van der Waals surface area contributed by atoms with Crippen LogP contribution in [0.15, 0.2) is 18.2 Å². The molecule has 0 saturated carbocycles. The van der Waals surface area contributed by atoms with E-state index in [1.165, 1.54) is 11.1 Å². The molecule has 2 nitrogen and oxygen atoms in total. The maximum atomic E-state index is 5.59. The molecular formula is C13H19NO. The molecule has 1 aromatic carbocycles. The Labute approximate surface area is 91.4 Å². The molecule has 15 heavy (non-hydrogen) atoms. The lowest BCUT2D eigenvalue weighted by Gasteiger charge is -2.19. The van der Waals surface area contributed by atoms with Gasteiger partial charge in [-0.1, -0.05) is 19.1 Å². The van der Waals surface area contributed by atoms with Crippen molar-refractivity contribution < 1.29 is 4.74 Å². The number of nitrogens with two attached hydrogens (primary N) is 1. The second-order valence-corrected chi connectivity index (χ2v) is 4.30. The minimum absolute atomic E-state index is 0.558. The van der Waals surface area contributed by atoms with Gasteiger partial charge >= 0.3 is 0 Å². The molecule has 1 heterocycles. The van der Waals surface area contributed by atoms with Gasteiger partial charge in [0.25, 0.3) is 0 Å². The van der Waals surface area contributed by atoms with E-state index in [9.17, 15) is 0 Å². The average molecular weight is 205 g/mol. The van der Waals surface area contributed by atoms with Crippen molar-refractivity contribution in [1.82, 2.24) is 0 Å². The topological polar surface area (TPSA) is 35.2 Å². The average Bonchev–Trinajstić information content (AvgIpc) is 2.29. The molecule has 2 heteroatoms. The largest absolute Gasteiger partial charge is 0.493 e. The molecule has 0 amide bonds. The van der Waals surface area contributed by atoms with Gasteiger partial charge in [-0.25, -0.2) is 0 Å². The molecule has 2 rings (SSSR count). The van der Waals surface area contributed by atoms with Crippen LogP contribution in [0.1, 0.15) is 36.8 Å². The first-order chi connectivity index (χ1) is 7.31. The van der Waals surface area contributed by atoms with Gasteiger partial charge < -0.3 is 10.5 Å². The number of benzene rings is 1. The van der Waals surface area contributed by atoms with Crippen LogP contribution in [0, 0.1) is 0 Å². The zero-order valence-electron chi connectivity index (χ0n) is 9.33. The Morgan fingerprint density at radius 2 is 2.33 bits per heavy atom. The third-order valence-electron chi connectivity index (χ3n) is 3.10. The molecule has 0 saturated heterocycles. The van der Waals surface area contributed by atoms with E-state index in [2.05, 4.69) is 25.1 Å². The Balaban J connectivity index is 2.20. The number of hydrogen-bond acceptors (Lipinski definition) is 2. The van der Waals surface area contributed by atoms with Crippen LogP contribution in [0.5, 0.6) is 5.75 Å². The lowest BCUT2D eigenvalue weighted by atomic mass is 9.94. The fraction of sp³-hybridized carbons (Fsp3) is 0.538. The molecule has 0 bridgehead atoms. The second kappa shape index (κ2) is 4.67. The van der Waals surface area contributed by atoms with E-state index >= 15 is 0 Å². The van der Waals surface area contributed by atoms with Crippen LogP contribution in [-0.4, -0.2) is 13.2 Å². The van der Waals surface area contributed by atoms with Gasteiger partial charge in [-0.05, 0) is 48.9 Å². The predicted octanol–water partition coefficient (Wildman–Crippen LogP) is 2.46. The molecule has 0 aromatic heterocycles. The molecule has 0 aliphatic carbocycles. The van der Waals surface area contributed by atoms with Crippen LogP contribution >= 0.6 is 0 Å². The fourth-order valence-corrected chi connectivity index (χ4v) is 2.10. The van der Waals surface area contributed by atoms with Crippen LogP contribution in [0.4, 0.5) is 0 Å². The molecule has 1 unspecified atom stereocenters. The third kappa shape index (κ3) is 2.32. The Morgan fingerprint density at radius 1 is 1.47 bits per heavy atom. The normalized spacial score (nSPS) is 16.7. The van der Waals surface area contributed by atoms with Crippen LogP contribution in [0.2, 0.25) is 0 Å². The first-order valence-electron chi connectivity index (χ1n) is 5.77. The minimum Gasteiger partial charge on any atom is -0.493 e. The summed E-state index contributed by atoms with van der Waals surface area (Å²) in [5, 5.41) is 0. The van der Waals surface area contributed by atoms with Gasteiger partial charge in [0.05, 0.1) is 6.61 Å². The maximum absolute atomic E-state index is 5.59. The Morgan fingerprint density at radius 3 is 3.13 bits per heavy atom. The minimum atomic E-state index is 0.558. The standard InChI is InChI=1S/C13H19NO/c1-10(6-7-14)11-4-5-13-12(9-11)3-2-8-15-13/h4-5,9-10H,2-3,6-8,14H2,1H3. The van der Waals surface area contributed by atoms with Gasteiger partial charge in [0.2, 0.25) is 0 Å². The van der Waals surface area contributed by atoms with E-state index in [4.69, 9.17) is 10.5 Å². The zero-order chi connectivity index (χ0) is 10.7. The van der Waals surface area contributed by atoms with Crippen molar-refractivity contribution in [3.05, 3.63) is 29.3 Å². The Bertz CT molecular complexity index is 335. The quantitative estimate of drug-likeness (QED) is 0.822. The van der Waals surface area contributed by atoms with Crippen molar-refractivity contribution in [2.45, 2.75) is 32.1 Å². The van der Waals surface area contributed by atoms with Gasteiger partial charge in [0.15, 0.2) is 0 Å². The monoisotopic (exact) mass is 205 g/mol. The van der Waals surface area contributed by atoms with Crippen LogP contribution in [0.3, 0.4) is 0 Å². The summed E-state index contributed by atoms with van der Waals surface area (Å²) in [4.78, 5) is 0. The van der Waals surface area contributed by atoms with Crippen molar-refractivity contribution in [3.8, 4) is 5.75 Å². The fourth-order valence-electron chi connectivity index (χ4n) is 2.10. The summed E-state index contributed by atoms with van der Waals surface area (Å²) in [7, 11) is 0. The molecule has 82 valence electrons. The van der Waals surface area contributed by atoms with Crippen molar-refractivity contribution in [1.29, 1.82) is 0 Å². The molecular weight excluding hydrogens is 186 g/mol. The van der Waals surface area contributed by atoms with Crippen LogP contribution in [0.25, 0.3) is 0 Å². The highest BCUT2D eigenvalue weighted by molar-refractivity contribution is 5.39. The highest BCUT2D eigenvalue weighted by Crippen LogP contribution is 2.29. The van der Waals surface area contributed by atoms with Crippen molar-refractivity contribution in [2.24, 2.45) is 5.73 Å². The summed E-state index contributed by atoms with van der Waals surface area (Å²) in [6.45, 7) is 3.86. The molecule has 0 spiro atoms. The summed E-state index contributed by atoms with van der Waals surface area (Å²) in [6, 6.07) is 6.57. The first-order valence-corrected chi connectivity index (χ1v) is 5.77. The molecule has 0 radical (unpaired) electrons. The number of rotatable bonds is 3. The highest BCUT2D eigenvalue weighted by atomic mass is 16.5. The summed E-state index contributed by atoms with van der Waals surface area (Å²) < 4.78 is 5.59. The van der Waals surface area contributed by atoms with E-state index in [0.717, 1.165) is 38.2 Å². The smallest absolute Gasteiger partial charge is 0.122 e. The van der Waals surface area contributed by atoms with Crippen molar-refractivity contribution in [3.63, 3.8) is 0 Å². The first kappa shape index (κ1) is 10.5. The van der Waals surface area contributed by atoms with Crippen molar-refractivity contribution in [2.75, 3.05) is 13.2 Å². The second-order valence-electron chi connectivity index (χ2n) is 4.30. The number of aryl methyl sites for hydroxylation is 1. The summed E-state index contributed by atoms with van der Waals surface area (Å²) in [6.07, 6.45) is 3.35. The van der Waals surface area contributed by atoms with E-state index < -0.39 is 0 Å². The van der Waals surface area contributed by atoms with Crippen molar-refractivity contribution >= 4 is 0 Å². The summed E-state index contributed by atoms with van der Waals surface area (Å²) in [5.74, 6) is 1.63.